The van der Waals surface area contributed by atoms with Gasteiger partial charge < -0.3 is 14.4 Å². The molecule has 2 aliphatic rings. The second-order valence-electron chi connectivity index (χ2n) is 7.51. The zero-order chi connectivity index (χ0) is 22.6. The number of Topliss-reactive ketones (excluding diaryl/α,β-unsaturated/α-hetero) is 1. The van der Waals surface area contributed by atoms with Crippen molar-refractivity contribution in [2.24, 2.45) is 0 Å². The van der Waals surface area contributed by atoms with Gasteiger partial charge >= 0.3 is 18.0 Å². The number of esters is 1. The smallest absolute Gasteiger partial charge is 0.410 e. The third-order valence-electron chi connectivity index (χ3n) is 5.57. The maximum absolute atomic E-state index is 14.1. The number of ketones is 1. The van der Waals surface area contributed by atoms with E-state index < -0.39 is 41.8 Å². The van der Waals surface area contributed by atoms with Crippen LogP contribution in [0.2, 0.25) is 0 Å². The Labute approximate surface area is 178 Å². The van der Waals surface area contributed by atoms with Crippen molar-refractivity contribution in [2.75, 3.05) is 20.2 Å². The van der Waals surface area contributed by atoms with Gasteiger partial charge in [-0.2, -0.15) is 8.78 Å². The van der Waals surface area contributed by atoms with Crippen LogP contribution < -0.4 is 0 Å². The monoisotopic (exact) mass is 438 g/mol. The highest BCUT2D eigenvalue weighted by Crippen LogP contribution is 2.30. The first-order chi connectivity index (χ1) is 14.8. The predicted octanol–water partition coefficient (Wildman–Crippen LogP) is 2.16. The van der Waals surface area contributed by atoms with E-state index in [0.717, 1.165) is 17.6 Å². The van der Waals surface area contributed by atoms with Crippen LogP contribution in [0.25, 0.3) is 0 Å². The lowest BCUT2D eigenvalue weighted by atomic mass is 10.0. The molecule has 1 unspecified atom stereocenters. The van der Waals surface area contributed by atoms with Crippen molar-refractivity contribution in [2.45, 2.75) is 50.3 Å². The molecular formula is C21H24F2N2O6. The normalized spacial score (nSPS) is 21.1. The Balaban J connectivity index is 1.68. The molecule has 0 aromatic heterocycles. The number of nitrogens with zero attached hydrogens (tertiary/aromatic N) is 2. The second-order valence-corrected chi connectivity index (χ2v) is 7.51. The van der Waals surface area contributed by atoms with E-state index in [1.165, 1.54) is 4.90 Å². The topological polar surface area (TPSA) is 93.2 Å². The van der Waals surface area contributed by atoms with Crippen LogP contribution in [0.3, 0.4) is 0 Å². The van der Waals surface area contributed by atoms with E-state index in [9.17, 15) is 28.0 Å². The summed E-state index contributed by atoms with van der Waals surface area (Å²) in [6.45, 7) is 0.415. The van der Waals surface area contributed by atoms with Crippen LogP contribution in [0, 0.1) is 0 Å². The van der Waals surface area contributed by atoms with Crippen LogP contribution in [0.4, 0.5) is 13.6 Å². The zero-order valence-electron chi connectivity index (χ0n) is 17.1. The number of carbonyl (C=O) groups is 4. The number of hydrogen-bond donors (Lipinski definition) is 0. The maximum Gasteiger partial charge on any atom is 0.410 e. The van der Waals surface area contributed by atoms with Gasteiger partial charge in [0.25, 0.3) is 0 Å². The first kappa shape index (κ1) is 22.6. The van der Waals surface area contributed by atoms with Crippen LogP contribution in [0.15, 0.2) is 30.3 Å². The van der Waals surface area contributed by atoms with E-state index in [-0.39, 0.29) is 26.1 Å². The molecule has 10 heteroatoms. The van der Waals surface area contributed by atoms with Crippen molar-refractivity contribution >= 4 is 23.8 Å². The lowest BCUT2D eigenvalue weighted by Crippen LogP contribution is -2.55. The van der Waals surface area contributed by atoms with Gasteiger partial charge in [-0.05, 0) is 31.2 Å². The summed E-state index contributed by atoms with van der Waals surface area (Å²) < 4.78 is 37.5. The van der Waals surface area contributed by atoms with Gasteiger partial charge in [0, 0.05) is 13.1 Å². The van der Waals surface area contributed by atoms with E-state index >= 15 is 0 Å². The average molecular weight is 438 g/mol. The summed E-state index contributed by atoms with van der Waals surface area (Å²) >= 11 is 0. The number of hydrogen-bond acceptors (Lipinski definition) is 6. The summed E-state index contributed by atoms with van der Waals surface area (Å²) in [5.41, 5.74) is 0.785. The molecule has 2 heterocycles. The Kier molecular flexibility index (Phi) is 6.87. The van der Waals surface area contributed by atoms with Gasteiger partial charge in [0.15, 0.2) is 0 Å². The van der Waals surface area contributed by atoms with E-state index in [1.54, 1.807) is 24.3 Å². The average Bonchev–Trinajstić information content (AvgIpc) is 3.46. The van der Waals surface area contributed by atoms with E-state index in [2.05, 4.69) is 4.74 Å². The molecule has 8 nitrogen and oxygen atoms in total. The van der Waals surface area contributed by atoms with Crippen molar-refractivity contribution in [3.8, 4) is 0 Å². The van der Waals surface area contributed by atoms with Gasteiger partial charge in [-0.3, -0.25) is 14.5 Å². The predicted molar refractivity (Wildman–Crippen MR) is 103 cm³/mol. The maximum atomic E-state index is 14.1. The quantitative estimate of drug-likeness (QED) is 0.499. The summed E-state index contributed by atoms with van der Waals surface area (Å²) in [4.78, 5) is 51.6. The molecule has 0 saturated carbocycles. The minimum Gasteiger partial charge on any atom is -0.464 e. The molecule has 2 atom stereocenters. The van der Waals surface area contributed by atoms with Gasteiger partial charge in [-0.1, -0.05) is 30.3 Å². The zero-order valence-corrected chi connectivity index (χ0v) is 17.1. The number of likely N-dealkylation sites (tertiary alicyclic amines) is 2. The lowest BCUT2D eigenvalue weighted by Gasteiger charge is -2.31. The number of methoxy groups -OCH3 is 1. The fourth-order valence-electron chi connectivity index (χ4n) is 3.98. The van der Waals surface area contributed by atoms with E-state index in [1.807, 2.05) is 6.07 Å². The number of alkyl halides is 2. The highest BCUT2D eigenvalue weighted by Gasteiger charge is 2.55. The molecule has 2 saturated heterocycles. The minimum absolute atomic E-state index is 0.0162. The van der Waals surface area contributed by atoms with Crippen molar-refractivity contribution in [1.82, 2.24) is 9.80 Å². The number of halogens is 2. The molecular weight excluding hydrogens is 414 g/mol. The first-order valence-electron chi connectivity index (χ1n) is 10.1. The largest absolute Gasteiger partial charge is 0.464 e. The first-order valence-corrected chi connectivity index (χ1v) is 10.1. The molecule has 1 aromatic rings. The fourth-order valence-corrected chi connectivity index (χ4v) is 3.98. The SMILES string of the molecule is COC(=O)C(F)(F)C(=O)C1CCCN1C(=O)[C@H]1CCCN1C(=O)OCc1ccccc1. The Hall–Kier alpha value is -3.04. The number of rotatable bonds is 6. The Bertz CT molecular complexity index is 848. The Morgan fingerprint density at radius 2 is 1.61 bits per heavy atom. The molecule has 0 bridgehead atoms. The third kappa shape index (κ3) is 4.67. The molecule has 0 aliphatic carbocycles. The van der Waals surface area contributed by atoms with Gasteiger partial charge in [-0.25, -0.2) is 9.59 Å². The molecule has 0 N–H and O–H groups in total. The lowest BCUT2D eigenvalue weighted by molar-refractivity contribution is -0.177. The molecule has 2 fully saturated rings. The molecule has 31 heavy (non-hydrogen) atoms. The van der Waals surface area contributed by atoms with E-state index in [4.69, 9.17) is 4.74 Å². The third-order valence-corrected chi connectivity index (χ3v) is 5.57. The van der Waals surface area contributed by atoms with Gasteiger partial charge in [-0.15, -0.1) is 0 Å². The van der Waals surface area contributed by atoms with Crippen LogP contribution in [-0.4, -0.2) is 71.8 Å². The highest BCUT2D eigenvalue weighted by atomic mass is 19.3. The highest BCUT2D eigenvalue weighted by molar-refractivity contribution is 6.09. The minimum atomic E-state index is -4.34. The standard InChI is InChI=1S/C21H24F2N2O6/c1-30-19(28)21(22,23)17(26)15-9-5-11-24(15)18(27)16-10-6-12-25(16)20(29)31-13-14-7-3-2-4-8-14/h2-4,7-8,15-16H,5-6,9-13H2,1H3/t15?,16-/m1/s1. The van der Waals surface area contributed by atoms with Crippen molar-refractivity contribution in [3.63, 3.8) is 0 Å². The van der Waals surface area contributed by atoms with Crippen LogP contribution in [0.1, 0.15) is 31.2 Å². The number of benzene rings is 1. The summed E-state index contributed by atoms with van der Waals surface area (Å²) in [5.74, 6) is -8.55. The molecule has 2 amide bonds. The molecule has 2 aliphatic heterocycles. The van der Waals surface area contributed by atoms with Gasteiger partial charge in [0.2, 0.25) is 11.7 Å². The summed E-state index contributed by atoms with van der Waals surface area (Å²) in [6, 6.07) is 6.69. The molecule has 168 valence electrons. The summed E-state index contributed by atoms with van der Waals surface area (Å²) in [7, 11) is 0.762. The summed E-state index contributed by atoms with van der Waals surface area (Å²) in [6.07, 6.45) is 0.556. The Morgan fingerprint density at radius 3 is 2.26 bits per heavy atom. The summed E-state index contributed by atoms with van der Waals surface area (Å²) in [5, 5.41) is 0. The van der Waals surface area contributed by atoms with E-state index in [0.29, 0.717) is 19.3 Å². The van der Waals surface area contributed by atoms with Crippen molar-refractivity contribution < 1.29 is 37.4 Å². The van der Waals surface area contributed by atoms with Crippen LogP contribution in [0.5, 0.6) is 0 Å². The molecule has 3 rings (SSSR count). The fraction of sp³-hybridized carbons (Fsp3) is 0.524. The van der Waals surface area contributed by atoms with Crippen molar-refractivity contribution in [1.29, 1.82) is 0 Å². The number of ether oxygens (including phenoxy) is 2. The van der Waals surface area contributed by atoms with Gasteiger partial charge in [0.05, 0.1) is 13.2 Å². The molecule has 0 radical (unpaired) electrons. The molecule has 1 aromatic carbocycles. The molecule has 0 spiro atoms. The number of amides is 2. The number of carbonyl (C=O) groups excluding carboxylic acids is 4. The van der Waals surface area contributed by atoms with Crippen LogP contribution in [-0.2, 0) is 30.5 Å². The van der Waals surface area contributed by atoms with Crippen molar-refractivity contribution in [3.05, 3.63) is 35.9 Å². The van der Waals surface area contributed by atoms with Crippen LogP contribution >= 0.6 is 0 Å². The Morgan fingerprint density at radius 1 is 1.00 bits per heavy atom. The van der Waals surface area contributed by atoms with Gasteiger partial charge in [0.1, 0.15) is 12.6 Å². The second kappa shape index (κ2) is 9.40.